The van der Waals surface area contributed by atoms with Crippen LogP contribution < -0.4 is 5.32 Å². The standard InChI is InChI=1S/C16H15FN2O2/c17-16-4-2-1-3-15(16)11-9-13(10-11)18-12-5-7-14(8-6-12)19(20)21/h1-8,11,13,18H,9-10H2. The molecule has 1 saturated carbocycles. The molecule has 0 aliphatic heterocycles. The predicted octanol–water partition coefficient (Wildman–Crippen LogP) is 4.09. The van der Waals surface area contributed by atoms with E-state index in [4.69, 9.17) is 0 Å². The first-order valence-corrected chi connectivity index (χ1v) is 6.89. The average Bonchev–Trinajstić information content (AvgIpc) is 2.44. The number of hydrogen-bond acceptors (Lipinski definition) is 3. The molecule has 0 spiro atoms. The van der Waals surface area contributed by atoms with Gasteiger partial charge in [0.1, 0.15) is 5.82 Å². The third-order valence-electron chi connectivity index (χ3n) is 3.93. The van der Waals surface area contributed by atoms with Crippen LogP contribution in [0.15, 0.2) is 48.5 Å². The van der Waals surface area contributed by atoms with E-state index in [0.717, 1.165) is 24.1 Å². The van der Waals surface area contributed by atoms with Crippen molar-refractivity contribution in [2.75, 3.05) is 5.32 Å². The lowest BCUT2D eigenvalue weighted by atomic mass is 9.75. The highest BCUT2D eigenvalue weighted by atomic mass is 19.1. The van der Waals surface area contributed by atoms with Gasteiger partial charge in [-0.1, -0.05) is 18.2 Å². The molecule has 0 radical (unpaired) electrons. The molecule has 0 bridgehead atoms. The molecule has 1 fully saturated rings. The third-order valence-corrected chi connectivity index (χ3v) is 3.93. The molecule has 108 valence electrons. The molecule has 0 aromatic heterocycles. The summed E-state index contributed by atoms with van der Waals surface area (Å²) in [7, 11) is 0. The summed E-state index contributed by atoms with van der Waals surface area (Å²) < 4.78 is 13.7. The zero-order chi connectivity index (χ0) is 14.8. The SMILES string of the molecule is O=[N+]([O-])c1ccc(NC2CC(c3ccccc3F)C2)cc1. The van der Waals surface area contributed by atoms with Crippen LogP contribution >= 0.6 is 0 Å². The maximum absolute atomic E-state index is 13.7. The summed E-state index contributed by atoms with van der Waals surface area (Å²) in [5, 5.41) is 13.9. The number of halogens is 1. The fourth-order valence-electron chi connectivity index (χ4n) is 2.71. The van der Waals surface area contributed by atoms with Gasteiger partial charge in [-0.05, 0) is 42.5 Å². The fourth-order valence-corrected chi connectivity index (χ4v) is 2.71. The van der Waals surface area contributed by atoms with Crippen molar-refractivity contribution in [2.24, 2.45) is 0 Å². The quantitative estimate of drug-likeness (QED) is 0.680. The average molecular weight is 286 g/mol. The van der Waals surface area contributed by atoms with Gasteiger partial charge in [0.2, 0.25) is 0 Å². The molecule has 21 heavy (non-hydrogen) atoms. The zero-order valence-corrected chi connectivity index (χ0v) is 11.3. The zero-order valence-electron chi connectivity index (χ0n) is 11.3. The Morgan fingerprint density at radius 3 is 2.38 bits per heavy atom. The van der Waals surface area contributed by atoms with Gasteiger partial charge in [-0.15, -0.1) is 0 Å². The Kier molecular flexibility index (Phi) is 3.56. The summed E-state index contributed by atoms with van der Waals surface area (Å²) >= 11 is 0. The van der Waals surface area contributed by atoms with Crippen LogP contribution in [-0.2, 0) is 0 Å². The topological polar surface area (TPSA) is 55.2 Å². The van der Waals surface area contributed by atoms with Crippen molar-refractivity contribution >= 4 is 11.4 Å². The molecule has 0 amide bonds. The second kappa shape index (κ2) is 5.52. The monoisotopic (exact) mass is 286 g/mol. The van der Waals surface area contributed by atoms with E-state index in [-0.39, 0.29) is 23.5 Å². The van der Waals surface area contributed by atoms with E-state index in [0.29, 0.717) is 0 Å². The van der Waals surface area contributed by atoms with Gasteiger partial charge in [-0.3, -0.25) is 10.1 Å². The van der Waals surface area contributed by atoms with E-state index >= 15 is 0 Å². The van der Waals surface area contributed by atoms with Crippen LogP contribution in [0.5, 0.6) is 0 Å². The second-order valence-electron chi connectivity index (χ2n) is 5.34. The van der Waals surface area contributed by atoms with Crippen molar-refractivity contribution in [1.29, 1.82) is 0 Å². The predicted molar refractivity (Wildman–Crippen MR) is 78.9 cm³/mol. The Labute approximate surface area is 121 Å². The lowest BCUT2D eigenvalue weighted by Gasteiger charge is -2.37. The summed E-state index contributed by atoms with van der Waals surface area (Å²) in [4.78, 5) is 10.2. The van der Waals surface area contributed by atoms with Gasteiger partial charge in [-0.25, -0.2) is 4.39 Å². The molecule has 2 aromatic carbocycles. The van der Waals surface area contributed by atoms with Gasteiger partial charge < -0.3 is 5.32 Å². The van der Waals surface area contributed by atoms with E-state index in [9.17, 15) is 14.5 Å². The first-order chi connectivity index (χ1) is 10.1. The second-order valence-corrected chi connectivity index (χ2v) is 5.34. The molecule has 4 nitrogen and oxygen atoms in total. The molecule has 2 aromatic rings. The Bertz CT molecular complexity index is 652. The highest BCUT2D eigenvalue weighted by Gasteiger charge is 2.31. The van der Waals surface area contributed by atoms with Crippen molar-refractivity contribution < 1.29 is 9.31 Å². The summed E-state index contributed by atoms with van der Waals surface area (Å²) in [6, 6.07) is 13.5. The van der Waals surface area contributed by atoms with Crippen LogP contribution in [0.3, 0.4) is 0 Å². The number of rotatable bonds is 4. The lowest BCUT2D eigenvalue weighted by molar-refractivity contribution is -0.384. The molecule has 0 unspecified atom stereocenters. The van der Waals surface area contributed by atoms with Gasteiger partial charge in [-0.2, -0.15) is 0 Å². The van der Waals surface area contributed by atoms with Crippen molar-refractivity contribution in [3.63, 3.8) is 0 Å². The molecule has 0 heterocycles. The van der Waals surface area contributed by atoms with E-state index in [1.54, 1.807) is 18.2 Å². The molecule has 0 saturated heterocycles. The highest BCUT2D eigenvalue weighted by Crippen LogP contribution is 2.39. The third kappa shape index (κ3) is 2.86. The van der Waals surface area contributed by atoms with Crippen molar-refractivity contribution in [3.8, 4) is 0 Å². The number of hydrogen-bond donors (Lipinski definition) is 1. The van der Waals surface area contributed by atoms with Crippen LogP contribution in [0.4, 0.5) is 15.8 Å². The Morgan fingerprint density at radius 1 is 1.10 bits per heavy atom. The van der Waals surface area contributed by atoms with Gasteiger partial charge in [0.25, 0.3) is 5.69 Å². The molecular formula is C16H15FN2O2. The van der Waals surface area contributed by atoms with Crippen LogP contribution in [0.1, 0.15) is 24.3 Å². The minimum atomic E-state index is -0.415. The summed E-state index contributed by atoms with van der Waals surface area (Å²) in [5.41, 5.74) is 1.72. The Morgan fingerprint density at radius 2 is 1.76 bits per heavy atom. The van der Waals surface area contributed by atoms with Crippen molar-refractivity contribution in [3.05, 3.63) is 70.0 Å². The van der Waals surface area contributed by atoms with E-state index in [1.807, 2.05) is 12.1 Å². The lowest BCUT2D eigenvalue weighted by Crippen LogP contribution is -2.34. The van der Waals surface area contributed by atoms with Gasteiger partial charge in [0, 0.05) is 23.9 Å². The minimum Gasteiger partial charge on any atom is -0.382 e. The van der Waals surface area contributed by atoms with Crippen molar-refractivity contribution in [1.82, 2.24) is 0 Å². The number of anilines is 1. The number of nitro benzene ring substituents is 1. The number of nitro groups is 1. The maximum atomic E-state index is 13.7. The van der Waals surface area contributed by atoms with Crippen molar-refractivity contribution in [2.45, 2.75) is 24.8 Å². The van der Waals surface area contributed by atoms with Crippen LogP contribution in [0.25, 0.3) is 0 Å². The summed E-state index contributed by atoms with van der Waals surface area (Å²) in [6.07, 6.45) is 1.75. The van der Waals surface area contributed by atoms with Crippen LogP contribution in [-0.4, -0.2) is 11.0 Å². The smallest absolute Gasteiger partial charge is 0.269 e. The van der Waals surface area contributed by atoms with E-state index < -0.39 is 4.92 Å². The minimum absolute atomic E-state index is 0.0818. The molecule has 5 heteroatoms. The molecular weight excluding hydrogens is 271 g/mol. The number of nitrogens with one attached hydrogen (secondary N) is 1. The largest absolute Gasteiger partial charge is 0.382 e. The van der Waals surface area contributed by atoms with Crippen LogP contribution in [0.2, 0.25) is 0 Å². The van der Waals surface area contributed by atoms with Gasteiger partial charge >= 0.3 is 0 Å². The number of non-ortho nitro benzene ring substituents is 1. The molecule has 0 atom stereocenters. The van der Waals surface area contributed by atoms with E-state index in [2.05, 4.69) is 5.32 Å². The van der Waals surface area contributed by atoms with Gasteiger partial charge in [0.15, 0.2) is 0 Å². The highest BCUT2D eigenvalue weighted by molar-refractivity contribution is 5.49. The van der Waals surface area contributed by atoms with E-state index in [1.165, 1.54) is 18.2 Å². The maximum Gasteiger partial charge on any atom is 0.269 e. The summed E-state index contributed by atoms with van der Waals surface area (Å²) in [6.45, 7) is 0. The first kappa shape index (κ1) is 13.5. The van der Waals surface area contributed by atoms with Crippen LogP contribution in [0, 0.1) is 15.9 Å². The molecule has 1 N–H and O–H groups in total. The fraction of sp³-hybridized carbons (Fsp3) is 0.250. The number of benzene rings is 2. The Hall–Kier alpha value is -2.43. The summed E-state index contributed by atoms with van der Waals surface area (Å²) in [5.74, 6) is 0.109. The number of nitrogens with zero attached hydrogens (tertiary/aromatic N) is 1. The first-order valence-electron chi connectivity index (χ1n) is 6.89. The molecule has 1 aliphatic carbocycles. The Balaban J connectivity index is 1.57. The molecule has 3 rings (SSSR count). The molecule has 1 aliphatic rings. The normalized spacial score (nSPS) is 20.6. The van der Waals surface area contributed by atoms with Gasteiger partial charge in [0.05, 0.1) is 4.92 Å².